The van der Waals surface area contributed by atoms with Crippen molar-refractivity contribution >= 4 is 40.5 Å². The summed E-state index contributed by atoms with van der Waals surface area (Å²) in [6.45, 7) is 2.91. The van der Waals surface area contributed by atoms with Crippen molar-refractivity contribution in [1.82, 2.24) is 4.90 Å². The summed E-state index contributed by atoms with van der Waals surface area (Å²) in [4.78, 5) is 17.0. The summed E-state index contributed by atoms with van der Waals surface area (Å²) in [5.41, 5.74) is 1.18. The fourth-order valence-electron chi connectivity index (χ4n) is 3.87. The number of methoxy groups -OCH3 is 1. The van der Waals surface area contributed by atoms with E-state index < -0.39 is 5.54 Å². The van der Waals surface area contributed by atoms with Gasteiger partial charge in [0.05, 0.1) is 22.9 Å². The molecule has 0 N–H and O–H groups in total. The Bertz CT molecular complexity index is 768. The summed E-state index contributed by atoms with van der Waals surface area (Å²) in [6.07, 6.45) is 3.63. The van der Waals surface area contributed by atoms with E-state index in [1.165, 1.54) is 0 Å². The highest BCUT2D eigenvalue weighted by Gasteiger charge is 2.56. The molecule has 1 aromatic carbocycles. The van der Waals surface area contributed by atoms with Crippen LogP contribution < -0.4 is 4.90 Å². The van der Waals surface area contributed by atoms with Gasteiger partial charge in [-0.15, -0.1) is 0 Å². The number of rotatable bonds is 4. The number of nitriles is 1. The summed E-state index contributed by atoms with van der Waals surface area (Å²) in [6, 6.07) is 5.46. The van der Waals surface area contributed by atoms with Crippen molar-refractivity contribution in [3.63, 3.8) is 0 Å². The minimum Gasteiger partial charge on any atom is -0.383 e. The zero-order chi connectivity index (χ0) is 18.2. The van der Waals surface area contributed by atoms with Gasteiger partial charge in [0.15, 0.2) is 5.11 Å². The average molecular weight is 378 g/mol. The van der Waals surface area contributed by atoms with Crippen molar-refractivity contribution in [3.8, 4) is 6.07 Å². The van der Waals surface area contributed by atoms with Gasteiger partial charge in [-0.3, -0.25) is 9.69 Å². The molecule has 0 aromatic heterocycles. The van der Waals surface area contributed by atoms with Crippen LogP contribution >= 0.6 is 23.8 Å². The molecule has 1 saturated heterocycles. The van der Waals surface area contributed by atoms with E-state index >= 15 is 0 Å². The number of carbonyl (C=O) groups is 1. The lowest BCUT2D eigenvalue weighted by Gasteiger charge is -2.32. The van der Waals surface area contributed by atoms with Gasteiger partial charge in [-0.2, -0.15) is 5.26 Å². The lowest BCUT2D eigenvalue weighted by Crippen LogP contribution is -2.48. The second-order valence-electron chi connectivity index (χ2n) is 6.49. The third-order valence-corrected chi connectivity index (χ3v) is 6.10. The Labute approximate surface area is 158 Å². The molecule has 1 heterocycles. The van der Waals surface area contributed by atoms with E-state index in [2.05, 4.69) is 6.07 Å². The number of benzene rings is 1. The first-order valence-electron chi connectivity index (χ1n) is 8.32. The summed E-state index contributed by atoms with van der Waals surface area (Å²) in [7, 11) is 1.64. The Kier molecular flexibility index (Phi) is 5.01. The van der Waals surface area contributed by atoms with Crippen molar-refractivity contribution in [1.29, 1.82) is 5.26 Å². The Morgan fingerprint density at radius 1 is 1.40 bits per heavy atom. The first-order valence-corrected chi connectivity index (χ1v) is 9.11. The number of thiocarbonyl (C=S) groups is 1. The Morgan fingerprint density at radius 2 is 2.08 bits per heavy atom. The maximum absolute atomic E-state index is 13.4. The van der Waals surface area contributed by atoms with E-state index in [0.717, 1.165) is 25.7 Å². The van der Waals surface area contributed by atoms with E-state index in [-0.39, 0.29) is 5.91 Å². The van der Waals surface area contributed by atoms with Crippen LogP contribution in [0.15, 0.2) is 12.1 Å². The highest BCUT2D eigenvalue weighted by atomic mass is 35.5. The van der Waals surface area contributed by atoms with Gasteiger partial charge in [-0.25, -0.2) is 0 Å². The van der Waals surface area contributed by atoms with Crippen LogP contribution in [0.1, 0.15) is 36.8 Å². The SMILES string of the molecule is COCCN1C(=S)N(c2ccc(C#N)c(Cl)c2C)C(=O)C12CCCC2. The molecule has 1 aliphatic heterocycles. The Hall–Kier alpha value is -1.68. The predicted octanol–water partition coefficient (Wildman–Crippen LogP) is 3.41. The van der Waals surface area contributed by atoms with Crippen LogP contribution in [-0.2, 0) is 9.53 Å². The third kappa shape index (κ3) is 2.71. The van der Waals surface area contributed by atoms with Crippen LogP contribution in [-0.4, -0.2) is 41.7 Å². The van der Waals surface area contributed by atoms with Crippen molar-refractivity contribution in [2.45, 2.75) is 38.1 Å². The summed E-state index contributed by atoms with van der Waals surface area (Å²) >= 11 is 12.0. The molecule has 0 atom stereocenters. The first-order chi connectivity index (χ1) is 12.0. The molecule has 2 fully saturated rings. The van der Waals surface area contributed by atoms with Crippen LogP contribution in [0, 0.1) is 18.3 Å². The average Bonchev–Trinajstić information content (AvgIpc) is 3.16. The number of ether oxygens (including phenoxy) is 1. The molecular weight excluding hydrogens is 358 g/mol. The topological polar surface area (TPSA) is 56.6 Å². The van der Waals surface area contributed by atoms with Gasteiger partial charge in [-0.1, -0.05) is 24.4 Å². The normalized spacial score (nSPS) is 19.1. The quantitative estimate of drug-likeness (QED) is 0.752. The molecule has 3 rings (SSSR count). The second-order valence-corrected chi connectivity index (χ2v) is 7.23. The number of carbonyl (C=O) groups excluding carboxylic acids is 1. The number of amides is 1. The van der Waals surface area contributed by atoms with Crippen molar-refractivity contribution in [3.05, 3.63) is 28.3 Å². The van der Waals surface area contributed by atoms with E-state index in [1.807, 2.05) is 11.8 Å². The third-order valence-electron chi connectivity index (χ3n) is 5.21. The highest BCUT2D eigenvalue weighted by molar-refractivity contribution is 7.80. The zero-order valence-electron chi connectivity index (χ0n) is 14.3. The van der Waals surface area contributed by atoms with Gasteiger partial charge in [0.25, 0.3) is 5.91 Å². The zero-order valence-corrected chi connectivity index (χ0v) is 15.9. The maximum atomic E-state index is 13.4. The van der Waals surface area contributed by atoms with E-state index in [0.29, 0.717) is 40.1 Å². The van der Waals surface area contributed by atoms with Crippen LogP contribution in [0.25, 0.3) is 0 Å². The minimum absolute atomic E-state index is 0.00924. The van der Waals surface area contributed by atoms with Crippen LogP contribution in [0.4, 0.5) is 5.69 Å². The fourth-order valence-corrected chi connectivity index (χ4v) is 4.52. The molecule has 7 heteroatoms. The minimum atomic E-state index is -0.567. The monoisotopic (exact) mass is 377 g/mol. The summed E-state index contributed by atoms with van der Waals surface area (Å²) in [5.74, 6) is 0.00924. The fraction of sp³-hybridized carbons (Fsp3) is 0.500. The molecule has 0 radical (unpaired) electrons. The molecule has 1 saturated carbocycles. The maximum Gasteiger partial charge on any atom is 0.259 e. The summed E-state index contributed by atoms with van der Waals surface area (Å²) < 4.78 is 5.22. The predicted molar refractivity (Wildman–Crippen MR) is 101 cm³/mol. The molecule has 1 amide bonds. The van der Waals surface area contributed by atoms with Gasteiger partial charge < -0.3 is 9.64 Å². The lowest BCUT2D eigenvalue weighted by atomic mass is 9.95. The van der Waals surface area contributed by atoms with Crippen molar-refractivity contribution in [2.24, 2.45) is 0 Å². The number of anilines is 1. The van der Waals surface area contributed by atoms with Crippen LogP contribution in [0.3, 0.4) is 0 Å². The van der Waals surface area contributed by atoms with Crippen LogP contribution in [0.5, 0.6) is 0 Å². The van der Waals surface area contributed by atoms with Crippen molar-refractivity contribution < 1.29 is 9.53 Å². The number of hydrogen-bond donors (Lipinski definition) is 0. The summed E-state index contributed by atoms with van der Waals surface area (Å²) in [5, 5.41) is 10.0. The lowest BCUT2D eigenvalue weighted by molar-refractivity contribution is -0.124. The highest BCUT2D eigenvalue weighted by Crippen LogP contribution is 2.44. The smallest absolute Gasteiger partial charge is 0.259 e. The number of hydrogen-bond acceptors (Lipinski definition) is 4. The van der Waals surface area contributed by atoms with E-state index in [4.69, 9.17) is 33.8 Å². The second kappa shape index (κ2) is 6.91. The molecular formula is C18H20ClN3O2S. The van der Waals surface area contributed by atoms with Crippen molar-refractivity contribution in [2.75, 3.05) is 25.2 Å². The molecule has 1 aromatic rings. The largest absolute Gasteiger partial charge is 0.383 e. The molecule has 0 bridgehead atoms. The molecule has 1 spiro atoms. The first kappa shape index (κ1) is 18.1. The molecule has 0 unspecified atom stereocenters. The molecule has 25 heavy (non-hydrogen) atoms. The van der Waals surface area contributed by atoms with Crippen LogP contribution in [0.2, 0.25) is 5.02 Å². The number of nitrogens with zero attached hydrogens (tertiary/aromatic N) is 3. The van der Waals surface area contributed by atoms with E-state index in [1.54, 1.807) is 24.1 Å². The van der Waals surface area contributed by atoms with Gasteiger partial charge in [0, 0.05) is 13.7 Å². The Morgan fingerprint density at radius 3 is 2.68 bits per heavy atom. The molecule has 2 aliphatic rings. The van der Waals surface area contributed by atoms with Gasteiger partial charge in [-0.05, 0) is 49.7 Å². The van der Waals surface area contributed by atoms with E-state index in [9.17, 15) is 4.79 Å². The number of halogens is 1. The van der Waals surface area contributed by atoms with Gasteiger partial charge >= 0.3 is 0 Å². The standard InChI is InChI=1S/C18H20ClN3O2S/c1-12-14(6-5-13(11-20)15(12)19)22-16(23)18(7-3-4-8-18)21(17(22)25)9-10-24-2/h5-6H,3-4,7-10H2,1-2H3. The molecule has 132 valence electrons. The van der Waals surface area contributed by atoms with Gasteiger partial charge in [0.1, 0.15) is 11.6 Å². The van der Waals surface area contributed by atoms with Gasteiger partial charge in [0.2, 0.25) is 0 Å². The Balaban J connectivity index is 2.06. The molecule has 1 aliphatic carbocycles. The molecule has 5 nitrogen and oxygen atoms in total.